The maximum Gasteiger partial charge on any atom is 0.227 e. The quantitative estimate of drug-likeness (QED) is 0.797. The molecule has 1 fully saturated rings. The van der Waals surface area contributed by atoms with Crippen molar-refractivity contribution in [3.8, 4) is 0 Å². The fourth-order valence-electron chi connectivity index (χ4n) is 2.82. The van der Waals surface area contributed by atoms with Crippen molar-refractivity contribution in [2.75, 3.05) is 24.3 Å². The van der Waals surface area contributed by atoms with Gasteiger partial charge in [0.05, 0.1) is 17.1 Å². The van der Waals surface area contributed by atoms with Crippen molar-refractivity contribution < 1.29 is 13.2 Å². The zero-order valence-electron chi connectivity index (χ0n) is 13.1. The Bertz CT molecular complexity index is 628. The Labute approximate surface area is 137 Å². The first kappa shape index (κ1) is 17.3. The van der Waals surface area contributed by atoms with Crippen molar-refractivity contribution in [1.29, 1.82) is 0 Å². The lowest BCUT2D eigenvalue weighted by atomic mass is 10.1. The van der Waals surface area contributed by atoms with Crippen LogP contribution in [0.4, 0.5) is 0 Å². The van der Waals surface area contributed by atoms with E-state index in [1.165, 1.54) is 0 Å². The van der Waals surface area contributed by atoms with Gasteiger partial charge in [0.25, 0.3) is 0 Å². The highest BCUT2D eigenvalue weighted by molar-refractivity contribution is 7.98. The van der Waals surface area contributed by atoms with E-state index >= 15 is 0 Å². The number of carbonyl (C=O) groups is 1. The van der Waals surface area contributed by atoms with Gasteiger partial charge in [0, 0.05) is 18.3 Å². The highest BCUT2D eigenvalue weighted by atomic mass is 32.2. The number of hydrogen-bond acceptors (Lipinski definition) is 4. The van der Waals surface area contributed by atoms with E-state index in [0.29, 0.717) is 10.9 Å². The molecule has 0 N–H and O–H groups in total. The number of sulfone groups is 1. The molecule has 0 aliphatic carbocycles. The van der Waals surface area contributed by atoms with E-state index in [9.17, 15) is 13.2 Å². The lowest BCUT2D eigenvalue weighted by Gasteiger charge is -2.24. The van der Waals surface area contributed by atoms with Gasteiger partial charge in [-0.05, 0) is 36.8 Å². The summed E-state index contributed by atoms with van der Waals surface area (Å²) >= 11 is 1.76. The monoisotopic (exact) mass is 341 g/mol. The fourth-order valence-corrected chi connectivity index (χ4v) is 4.50. The van der Waals surface area contributed by atoms with Crippen molar-refractivity contribution in [1.82, 2.24) is 4.90 Å². The van der Waals surface area contributed by atoms with Crippen LogP contribution in [0.2, 0.25) is 0 Å². The zero-order valence-corrected chi connectivity index (χ0v) is 14.8. The number of hydrogen-bond donors (Lipinski definition) is 0. The van der Waals surface area contributed by atoms with Crippen LogP contribution in [0.3, 0.4) is 0 Å². The van der Waals surface area contributed by atoms with Crippen LogP contribution < -0.4 is 0 Å². The minimum atomic E-state index is -3.22. The first-order valence-electron chi connectivity index (χ1n) is 7.58. The Balaban J connectivity index is 2.10. The van der Waals surface area contributed by atoms with Gasteiger partial charge in [0.2, 0.25) is 5.91 Å². The third-order valence-corrected chi connectivity index (χ3v) is 6.50. The Kier molecular flexibility index (Phi) is 5.92. The maximum absolute atomic E-state index is 12.5. The molecule has 0 saturated carbocycles. The van der Waals surface area contributed by atoms with E-state index in [4.69, 9.17) is 0 Å². The lowest BCUT2D eigenvalue weighted by molar-refractivity contribution is -0.130. The second-order valence-corrected chi connectivity index (χ2v) is 8.76. The summed E-state index contributed by atoms with van der Waals surface area (Å²) in [4.78, 5) is 14.8. The van der Waals surface area contributed by atoms with Gasteiger partial charge in [-0.2, -0.15) is 11.8 Å². The largest absolute Gasteiger partial charge is 0.339 e. The molecule has 122 valence electrons. The highest BCUT2D eigenvalue weighted by Gasteiger charge is 2.28. The van der Waals surface area contributed by atoms with Crippen LogP contribution in [0.25, 0.3) is 0 Å². The van der Waals surface area contributed by atoms with E-state index in [2.05, 4.69) is 6.26 Å². The molecule has 1 aromatic rings. The maximum atomic E-state index is 12.5. The molecule has 2 rings (SSSR count). The molecule has 1 heterocycles. The minimum Gasteiger partial charge on any atom is -0.339 e. The van der Waals surface area contributed by atoms with Crippen LogP contribution >= 0.6 is 11.8 Å². The van der Waals surface area contributed by atoms with E-state index in [0.717, 1.165) is 30.7 Å². The van der Waals surface area contributed by atoms with Crippen LogP contribution in [0.1, 0.15) is 25.3 Å². The van der Waals surface area contributed by atoms with Crippen LogP contribution in [-0.4, -0.2) is 49.6 Å². The van der Waals surface area contributed by atoms with Gasteiger partial charge in [-0.25, -0.2) is 8.42 Å². The summed E-state index contributed by atoms with van der Waals surface area (Å²) in [5.41, 5.74) is 0.773. The summed E-state index contributed by atoms with van der Waals surface area (Å²) in [5.74, 6) is 1.14. The molecule has 0 bridgehead atoms. The molecule has 1 aromatic carbocycles. The van der Waals surface area contributed by atoms with Crippen molar-refractivity contribution in [2.45, 2.75) is 37.1 Å². The number of benzene rings is 1. The van der Waals surface area contributed by atoms with Gasteiger partial charge in [0.15, 0.2) is 9.84 Å². The Morgan fingerprint density at radius 2 is 2.18 bits per heavy atom. The second kappa shape index (κ2) is 7.51. The van der Waals surface area contributed by atoms with Gasteiger partial charge < -0.3 is 4.90 Å². The molecule has 0 aromatic heterocycles. The molecule has 0 spiro atoms. The van der Waals surface area contributed by atoms with Crippen molar-refractivity contribution in [3.05, 3.63) is 29.8 Å². The fraction of sp³-hybridized carbons (Fsp3) is 0.562. The summed E-state index contributed by atoms with van der Waals surface area (Å²) in [6.07, 6.45) is 4.45. The number of rotatable bonds is 6. The second-order valence-electron chi connectivity index (χ2n) is 5.57. The van der Waals surface area contributed by atoms with Gasteiger partial charge in [-0.1, -0.05) is 19.1 Å². The molecular formula is C16H23NO3S2. The average Bonchev–Trinajstić information content (AvgIpc) is 2.96. The van der Waals surface area contributed by atoms with E-state index in [-0.39, 0.29) is 18.1 Å². The molecule has 4 nitrogen and oxygen atoms in total. The highest BCUT2D eigenvalue weighted by Crippen LogP contribution is 2.22. The molecule has 6 heteroatoms. The molecule has 0 radical (unpaired) electrons. The summed E-state index contributed by atoms with van der Waals surface area (Å²) in [7, 11) is -3.22. The lowest BCUT2D eigenvalue weighted by Crippen LogP contribution is -2.37. The average molecular weight is 341 g/mol. The number of thioether (sulfide) groups is 1. The predicted molar refractivity (Wildman–Crippen MR) is 91.0 cm³/mol. The van der Waals surface area contributed by atoms with Gasteiger partial charge in [0.1, 0.15) is 0 Å². The first-order chi connectivity index (χ1) is 10.5. The van der Waals surface area contributed by atoms with Crippen molar-refractivity contribution >= 4 is 27.5 Å². The van der Waals surface area contributed by atoms with Crippen LogP contribution in [0.5, 0.6) is 0 Å². The standard InChI is InChI=1S/C16H23NO3S2/c1-3-22(19,20)15-8-4-6-13(10-15)11-16(18)17-9-5-7-14(17)12-21-2/h4,6,8,10,14H,3,5,7,9,11-12H2,1-2H3. The summed E-state index contributed by atoms with van der Waals surface area (Å²) < 4.78 is 23.9. The first-order valence-corrected chi connectivity index (χ1v) is 10.6. The zero-order chi connectivity index (χ0) is 16.2. The third kappa shape index (κ3) is 4.04. The van der Waals surface area contributed by atoms with Crippen LogP contribution in [0.15, 0.2) is 29.2 Å². The minimum absolute atomic E-state index is 0.0757. The molecule has 1 unspecified atom stereocenters. The van der Waals surface area contributed by atoms with Crippen molar-refractivity contribution in [2.24, 2.45) is 0 Å². The van der Waals surface area contributed by atoms with E-state index < -0.39 is 9.84 Å². The van der Waals surface area contributed by atoms with Crippen LogP contribution in [0, 0.1) is 0 Å². The number of nitrogens with zero attached hydrogens (tertiary/aromatic N) is 1. The third-order valence-electron chi connectivity index (χ3n) is 4.05. The SMILES string of the molecule is CCS(=O)(=O)c1cccc(CC(=O)N2CCCC2CSC)c1. The van der Waals surface area contributed by atoms with Crippen molar-refractivity contribution in [3.63, 3.8) is 0 Å². The van der Waals surface area contributed by atoms with Gasteiger partial charge in [-0.3, -0.25) is 4.79 Å². The normalized spacial score (nSPS) is 18.6. The smallest absolute Gasteiger partial charge is 0.227 e. The molecule has 1 aliphatic rings. The topological polar surface area (TPSA) is 54.5 Å². The van der Waals surface area contributed by atoms with Crippen LogP contribution in [-0.2, 0) is 21.1 Å². The number of likely N-dealkylation sites (tertiary alicyclic amines) is 1. The molecule has 1 amide bonds. The molecule has 1 aliphatic heterocycles. The van der Waals surface area contributed by atoms with E-state index in [1.807, 2.05) is 11.0 Å². The van der Waals surface area contributed by atoms with Gasteiger partial charge in [-0.15, -0.1) is 0 Å². The summed E-state index contributed by atoms with van der Waals surface area (Å²) in [6, 6.07) is 7.10. The van der Waals surface area contributed by atoms with E-state index in [1.54, 1.807) is 36.9 Å². The Morgan fingerprint density at radius 1 is 1.41 bits per heavy atom. The molecule has 22 heavy (non-hydrogen) atoms. The molecule has 1 saturated heterocycles. The van der Waals surface area contributed by atoms with Gasteiger partial charge >= 0.3 is 0 Å². The summed E-state index contributed by atoms with van der Waals surface area (Å²) in [6.45, 7) is 2.45. The Morgan fingerprint density at radius 3 is 2.86 bits per heavy atom. The molecule has 1 atom stereocenters. The molecular weight excluding hydrogens is 318 g/mol. The predicted octanol–water partition coefficient (Wildman–Crippen LogP) is 2.38. The Hall–Kier alpha value is -1.01. The number of amides is 1. The number of carbonyl (C=O) groups excluding carboxylic acids is 1. The summed E-state index contributed by atoms with van der Waals surface area (Å²) in [5, 5.41) is 0.